The molecule has 8 heteroatoms. The zero-order valence-corrected chi connectivity index (χ0v) is 14.1. The predicted octanol–water partition coefficient (Wildman–Crippen LogP) is 2.90. The van der Waals surface area contributed by atoms with Gasteiger partial charge < -0.3 is 5.32 Å². The van der Waals surface area contributed by atoms with Gasteiger partial charge in [0, 0.05) is 12.6 Å². The molecule has 0 atom stereocenters. The molecule has 0 aliphatic heterocycles. The lowest BCUT2D eigenvalue weighted by atomic mass is 10.1. The Morgan fingerprint density at radius 1 is 1.32 bits per heavy atom. The number of hydrogen-bond donors (Lipinski definition) is 1. The van der Waals surface area contributed by atoms with Crippen LogP contribution in [0.2, 0.25) is 0 Å². The third kappa shape index (κ3) is 4.09. The van der Waals surface area contributed by atoms with Crippen molar-refractivity contribution in [1.29, 1.82) is 0 Å². The van der Waals surface area contributed by atoms with E-state index >= 15 is 0 Å². The molecule has 0 aliphatic rings. The summed E-state index contributed by atoms with van der Waals surface area (Å²) in [5.41, 5.74) is 0.733. The average molecular weight is 342 g/mol. The third-order valence-electron chi connectivity index (χ3n) is 3.64. The van der Waals surface area contributed by atoms with E-state index in [9.17, 15) is 9.18 Å². The van der Waals surface area contributed by atoms with Crippen LogP contribution < -0.4 is 5.32 Å². The zero-order valence-electron chi connectivity index (χ0n) is 14.1. The summed E-state index contributed by atoms with van der Waals surface area (Å²) in [7, 11) is 0. The minimum Gasteiger partial charge on any atom is -0.305 e. The van der Waals surface area contributed by atoms with Gasteiger partial charge in [0.1, 0.15) is 11.6 Å². The van der Waals surface area contributed by atoms with E-state index in [1.807, 2.05) is 0 Å². The molecule has 1 amide bonds. The van der Waals surface area contributed by atoms with Crippen LogP contribution in [0.15, 0.2) is 42.7 Å². The quantitative estimate of drug-likeness (QED) is 0.747. The fourth-order valence-electron chi connectivity index (χ4n) is 2.29. The van der Waals surface area contributed by atoms with Gasteiger partial charge in [-0.15, -0.1) is 5.10 Å². The molecule has 0 saturated heterocycles. The maximum Gasteiger partial charge on any atom is 0.278 e. The molecule has 0 aliphatic carbocycles. The van der Waals surface area contributed by atoms with Crippen molar-refractivity contribution in [1.82, 2.24) is 24.8 Å². The molecule has 3 aromatic rings. The van der Waals surface area contributed by atoms with E-state index in [0.717, 1.165) is 6.42 Å². The largest absolute Gasteiger partial charge is 0.305 e. The van der Waals surface area contributed by atoms with Crippen LogP contribution in [0.3, 0.4) is 0 Å². The molecule has 0 bridgehead atoms. The lowest BCUT2D eigenvalue weighted by molar-refractivity contribution is 0.102. The SMILES string of the molecule is CC(C)CCn1cc(C(=O)Nc2ccnn2-c2cccc(F)c2)nn1. The Balaban J connectivity index is 1.73. The summed E-state index contributed by atoms with van der Waals surface area (Å²) < 4.78 is 16.5. The molecular weight excluding hydrogens is 323 g/mol. The fourth-order valence-corrected chi connectivity index (χ4v) is 2.29. The first-order valence-corrected chi connectivity index (χ1v) is 8.04. The van der Waals surface area contributed by atoms with E-state index in [1.165, 1.54) is 23.0 Å². The highest BCUT2D eigenvalue weighted by Crippen LogP contribution is 2.16. The summed E-state index contributed by atoms with van der Waals surface area (Å²) in [4.78, 5) is 12.4. The summed E-state index contributed by atoms with van der Waals surface area (Å²) in [5, 5.41) is 14.7. The number of anilines is 1. The number of halogens is 1. The minimum absolute atomic E-state index is 0.218. The number of carbonyl (C=O) groups excluding carboxylic acids is 1. The topological polar surface area (TPSA) is 77.6 Å². The van der Waals surface area contributed by atoms with Crippen molar-refractivity contribution in [3.63, 3.8) is 0 Å². The molecule has 3 rings (SSSR count). The van der Waals surface area contributed by atoms with E-state index in [-0.39, 0.29) is 11.5 Å². The standard InChI is InChI=1S/C17H19FN6O/c1-12(2)7-9-23-11-15(21-22-23)17(25)20-16-6-8-19-24(16)14-5-3-4-13(18)10-14/h3-6,8,10-12H,7,9H2,1-2H3,(H,20,25). The molecule has 0 unspecified atom stereocenters. The molecule has 0 saturated carbocycles. The normalized spacial score (nSPS) is 11.0. The maximum atomic E-state index is 13.4. The van der Waals surface area contributed by atoms with Gasteiger partial charge in [-0.3, -0.25) is 9.48 Å². The van der Waals surface area contributed by atoms with E-state index in [2.05, 4.69) is 34.6 Å². The van der Waals surface area contributed by atoms with Crippen molar-refractivity contribution in [2.45, 2.75) is 26.8 Å². The van der Waals surface area contributed by atoms with Crippen molar-refractivity contribution in [3.05, 3.63) is 54.2 Å². The molecule has 0 radical (unpaired) electrons. The number of rotatable bonds is 6. The molecule has 2 aromatic heterocycles. The molecule has 1 aromatic carbocycles. The number of benzene rings is 1. The van der Waals surface area contributed by atoms with Crippen LogP contribution in [0, 0.1) is 11.7 Å². The van der Waals surface area contributed by atoms with Gasteiger partial charge in [0.15, 0.2) is 5.69 Å². The second-order valence-electron chi connectivity index (χ2n) is 6.11. The molecule has 130 valence electrons. The van der Waals surface area contributed by atoms with Crippen LogP contribution in [-0.2, 0) is 6.54 Å². The van der Waals surface area contributed by atoms with Gasteiger partial charge in [-0.2, -0.15) is 5.10 Å². The first-order valence-electron chi connectivity index (χ1n) is 8.04. The number of hydrogen-bond acceptors (Lipinski definition) is 4. The van der Waals surface area contributed by atoms with Crippen LogP contribution in [0.5, 0.6) is 0 Å². The number of aryl methyl sites for hydroxylation is 1. The third-order valence-corrected chi connectivity index (χ3v) is 3.64. The number of nitrogens with zero attached hydrogens (tertiary/aromatic N) is 5. The maximum absolute atomic E-state index is 13.4. The molecule has 0 fully saturated rings. The molecule has 7 nitrogen and oxygen atoms in total. The molecular formula is C17H19FN6O. The van der Waals surface area contributed by atoms with Gasteiger partial charge in [-0.25, -0.2) is 9.07 Å². The lowest BCUT2D eigenvalue weighted by Crippen LogP contribution is -2.15. The first-order chi connectivity index (χ1) is 12.0. The van der Waals surface area contributed by atoms with Gasteiger partial charge >= 0.3 is 0 Å². The second kappa shape index (κ2) is 7.25. The Labute approximate surface area is 144 Å². The Kier molecular flexibility index (Phi) is 4.87. The van der Waals surface area contributed by atoms with Crippen molar-refractivity contribution >= 4 is 11.7 Å². The monoisotopic (exact) mass is 342 g/mol. The summed E-state index contributed by atoms with van der Waals surface area (Å²) in [6.07, 6.45) is 4.09. The first kappa shape index (κ1) is 16.8. The van der Waals surface area contributed by atoms with Gasteiger partial charge in [-0.1, -0.05) is 25.1 Å². The summed E-state index contributed by atoms with van der Waals surface area (Å²) in [5.74, 6) is 0.196. The Hall–Kier alpha value is -3.03. The number of amides is 1. The highest BCUT2D eigenvalue weighted by molar-refractivity contribution is 6.02. The van der Waals surface area contributed by atoms with Crippen LogP contribution in [-0.4, -0.2) is 30.7 Å². The Morgan fingerprint density at radius 2 is 2.16 bits per heavy atom. The van der Waals surface area contributed by atoms with Gasteiger partial charge in [0.25, 0.3) is 5.91 Å². The fraction of sp³-hybridized carbons (Fsp3) is 0.294. The minimum atomic E-state index is -0.394. The predicted molar refractivity (Wildman–Crippen MR) is 91.0 cm³/mol. The molecule has 0 spiro atoms. The van der Waals surface area contributed by atoms with Crippen LogP contribution in [0.1, 0.15) is 30.8 Å². The van der Waals surface area contributed by atoms with Gasteiger partial charge in [0.05, 0.1) is 18.1 Å². The molecule has 1 N–H and O–H groups in total. The van der Waals surface area contributed by atoms with Crippen molar-refractivity contribution in [2.24, 2.45) is 5.92 Å². The Bertz CT molecular complexity index is 869. The van der Waals surface area contributed by atoms with Crippen molar-refractivity contribution in [2.75, 3.05) is 5.32 Å². The van der Waals surface area contributed by atoms with Gasteiger partial charge in [-0.05, 0) is 30.5 Å². The zero-order chi connectivity index (χ0) is 17.8. The highest BCUT2D eigenvalue weighted by Gasteiger charge is 2.14. The lowest BCUT2D eigenvalue weighted by Gasteiger charge is -2.08. The van der Waals surface area contributed by atoms with Crippen LogP contribution in [0.25, 0.3) is 5.69 Å². The van der Waals surface area contributed by atoms with E-state index < -0.39 is 5.91 Å². The van der Waals surface area contributed by atoms with E-state index in [0.29, 0.717) is 24.0 Å². The molecule has 2 heterocycles. The molecule has 25 heavy (non-hydrogen) atoms. The summed E-state index contributed by atoms with van der Waals surface area (Å²) >= 11 is 0. The Morgan fingerprint density at radius 3 is 2.92 bits per heavy atom. The van der Waals surface area contributed by atoms with Crippen molar-refractivity contribution in [3.8, 4) is 5.69 Å². The summed E-state index contributed by atoms with van der Waals surface area (Å²) in [6.45, 7) is 4.95. The van der Waals surface area contributed by atoms with Crippen LogP contribution >= 0.6 is 0 Å². The summed E-state index contributed by atoms with van der Waals surface area (Å²) in [6, 6.07) is 7.60. The van der Waals surface area contributed by atoms with Gasteiger partial charge in [0.2, 0.25) is 0 Å². The number of aromatic nitrogens is 5. The highest BCUT2D eigenvalue weighted by atomic mass is 19.1. The smallest absolute Gasteiger partial charge is 0.278 e. The number of nitrogens with one attached hydrogen (secondary N) is 1. The average Bonchev–Trinajstić information content (AvgIpc) is 3.22. The van der Waals surface area contributed by atoms with Crippen LogP contribution in [0.4, 0.5) is 10.2 Å². The van der Waals surface area contributed by atoms with E-state index in [1.54, 1.807) is 29.1 Å². The second-order valence-corrected chi connectivity index (χ2v) is 6.11. The van der Waals surface area contributed by atoms with Crippen molar-refractivity contribution < 1.29 is 9.18 Å². The van der Waals surface area contributed by atoms with E-state index in [4.69, 9.17) is 0 Å². The number of carbonyl (C=O) groups is 1.